The van der Waals surface area contributed by atoms with E-state index in [1.807, 2.05) is 36.4 Å². The SMILES string of the molecule is CC1(C)c2ccccc2-c2cc3c(cc21)oc1cc(-c2cc(-c4ccccc4)nc(-c4ccccc4)n2)ccc13. The third-order valence-corrected chi connectivity index (χ3v) is 8.30. The van der Waals surface area contributed by atoms with E-state index in [1.165, 1.54) is 22.3 Å². The Hall–Kier alpha value is -5.02. The number of aromatic nitrogens is 2. The quantitative estimate of drug-likeness (QED) is 0.236. The molecule has 40 heavy (non-hydrogen) atoms. The third kappa shape index (κ3) is 3.44. The predicted molar refractivity (Wildman–Crippen MR) is 163 cm³/mol. The minimum Gasteiger partial charge on any atom is -0.456 e. The summed E-state index contributed by atoms with van der Waals surface area (Å²) in [5.41, 5.74) is 11.8. The highest BCUT2D eigenvalue weighted by molar-refractivity contribution is 6.08. The van der Waals surface area contributed by atoms with Crippen LogP contribution in [0.15, 0.2) is 126 Å². The molecule has 0 spiro atoms. The molecule has 3 nitrogen and oxygen atoms in total. The Morgan fingerprint density at radius 2 is 1.15 bits per heavy atom. The highest BCUT2D eigenvalue weighted by Gasteiger charge is 2.36. The lowest BCUT2D eigenvalue weighted by molar-refractivity contribution is 0.647. The topological polar surface area (TPSA) is 38.9 Å². The Bertz CT molecular complexity index is 2010. The summed E-state index contributed by atoms with van der Waals surface area (Å²) in [6.45, 7) is 4.60. The summed E-state index contributed by atoms with van der Waals surface area (Å²) in [4.78, 5) is 9.93. The average molecular weight is 515 g/mol. The molecule has 1 aliphatic rings. The lowest BCUT2D eigenvalue weighted by Gasteiger charge is -2.21. The normalized spacial score (nSPS) is 13.4. The van der Waals surface area contributed by atoms with Crippen LogP contribution in [0.5, 0.6) is 0 Å². The summed E-state index contributed by atoms with van der Waals surface area (Å²) < 4.78 is 6.52. The van der Waals surface area contributed by atoms with Gasteiger partial charge in [-0.25, -0.2) is 9.97 Å². The van der Waals surface area contributed by atoms with E-state index in [2.05, 4.69) is 98.8 Å². The monoisotopic (exact) mass is 514 g/mol. The Kier molecular flexibility index (Phi) is 4.86. The Morgan fingerprint density at radius 3 is 1.93 bits per heavy atom. The minimum atomic E-state index is -0.0626. The van der Waals surface area contributed by atoms with Gasteiger partial charge in [0.1, 0.15) is 11.2 Å². The molecular formula is C37H26N2O. The highest BCUT2D eigenvalue weighted by Crippen LogP contribution is 2.50. The summed E-state index contributed by atoms with van der Waals surface area (Å²) >= 11 is 0. The van der Waals surface area contributed by atoms with Gasteiger partial charge in [-0.3, -0.25) is 0 Å². The lowest BCUT2D eigenvalue weighted by Crippen LogP contribution is -2.14. The minimum absolute atomic E-state index is 0.0626. The maximum atomic E-state index is 6.52. The molecule has 0 saturated heterocycles. The van der Waals surface area contributed by atoms with E-state index in [1.54, 1.807) is 0 Å². The molecule has 0 aliphatic heterocycles. The lowest BCUT2D eigenvalue weighted by atomic mass is 9.82. The van der Waals surface area contributed by atoms with Gasteiger partial charge in [0.25, 0.3) is 0 Å². The van der Waals surface area contributed by atoms with Crippen LogP contribution in [0.1, 0.15) is 25.0 Å². The standard InChI is InChI=1S/C37H26N2O/c1-37(2)30-16-10-9-15-26(30)28-20-29-27-18-17-25(19-34(27)40-35(29)21-31(28)37)33-22-32(23-11-5-3-6-12-23)38-36(39-33)24-13-7-4-8-14-24/h3-22H,1-2H3. The second-order valence-electron chi connectivity index (χ2n) is 11.1. The van der Waals surface area contributed by atoms with Crippen molar-refractivity contribution in [3.8, 4) is 45.0 Å². The first kappa shape index (κ1) is 22.9. The van der Waals surface area contributed by atoms with Crippen LogP contribution in [0, 0.1) is 0 Å². The molecule has 0 fully saturated rings. The van der Waals surface area contributed by atoms with Gasteiger partial charge >= 0.3 is 0 Å². The van der Waals surface area contributed by atoms with E-state index in [0.29, 0.717) is 5.82 Å². The molecule has 0 amide bonds. The molecular weight excluding hydrogens is 488 g/mol. The highest BCUT2D eigenvalue weighted by atomic mass is 16.3. The van der Waals surface area contributed by atoms with Crippen LogP contribution in [0.4, 0.5) is 0 Å². The number of fused-ring (bicyclic) bond motifs is 6. The second kappa shape index (κ2) is 8.49. The van der Waals surface area contributed by atoms with E-state index in [-0.39, 0.29) is 5.41 Å². The molecule has 1 aliphatic carbocycles. The maximum Gasteiger partial charge on any atom is 0.160 e. The van der Waals surface area contributed by atoms with Crippen molar-refractivity contribution in [3.63, 3.8) is 0 Å². The van der Waals surface area contributed by atoms with Crippen LogP contribution < -0.4 is 0 Å². The van der Waals surface area contributed by atoms with Crippen LogP contribution in [-0.2, 0) is 5.41 Å². The fraction of sp³-hybridized carbons (Fsp3) is 0.0811. The number of furan rings is 1. The average Bonchev–Trinajstić information content (AvgIpc) is 3.48. The number of nitrogens with zero attached hydrogens (tertiary/aromatic N) is 2. The van der Waals surface area contributed by atoms with Gasteiger partial charge in [0.2, 0.25) is 0 Å². The van der Waals surface area contributed by atoms with E-state index >= 15 is 0 Å². The van der Waals surface area contributed by atoms with Gasteiger partial charge < -0.3 is 4.42 Å². The van der Waals surface area contributed by atoms with Crippen molar-refractivity contribution in [1.82, 2.24) is 9.97 Å². The fourth-order valence-corrected chi connectivity index (χ4v) is 6.20. The Labute approximate surface area is 232 Å². The molecule has 2 aromatic heterocycles. The van der Waals surface area contributed by atoms with Crippen LogP contribution in [0.3, 0.4) is 0 Å². The van der Waals surface area contributed by atoms with Crippen LogP contribution in [0.25, 0.3) is 67.0 Å². The van der Waals surface area contributed by atoms with Gasteiger partial charge in [-0.05, 0) is 52.6 Å². The first-order valence-corrected chi connectivity index (χ1v) is 13.7. The second-order valence-corrected chi connectivity index (χ2v) is 11.1. The van der Waals surface area contributed by atoms with Gasteiger partial charge in [0.15, 0.2) is 5.82 Å². The summed E-state index contributed by atoms with van der Waals surface area (Å²) in [7, 11) is 0. The van der Waals surface area contributed by atoms with Crippen molar-refractivity contribution >= 4 is 21.9 Å². The zero-order chi connectivity index (χ0) is 26.8. The van der Waals surface area contributed by atoms with Crippen LogP contribution >= 0.6 is 0 Å². The number of benzene rings is 5. The van der Waals surface area contributed by atoms with Crippen molar-refractivity contribution < 1.29 is 4.42 Å². The largest absolute Gasteiger partial charge is 0.456 e. The summed E-state index contributed by atoms with van der Waals surface area (Å²) in [6.07, 6.45) is 0. The fourth-order valence-electron chi connectivity index (χ4n) is 6.20. The third-order valence-electron chi connectivity index (χ3n) is 8.30. The van der Waals surface area contributed by atoms with E-state index in [0.717, 1.165) is 50.0 Å². The summed E-state index contributed by atoms with van der Waals surface area (Å²) in [5, 5.41) is 2.26. The van der Waals surface area contributed by atoms with Crippen molar-refractivity contribution in [2.24, 2.45) is 0 Å². The molecule has 190 valence electrons. The first-order chi connectivity index (χ1) is 19.6. The van der Waals surface area contributed by atoms with Crippen molar-refractivity contribution in [3.05, 3.63) is 132 Å². The molecule has 7 aromatic rings. The van der Waals surface area contributed by atoms with E-state index < -0.39 is 0 Å². The number of rotatable bonds is 3. The molecule has 5 aromatic carbocycles. The zero-order valence-electron chi connectivity index (χ0n) is 22.3. The molecule has 0 N–H and O–H groups in total. The van der Waals surface area contributed by atoms with Crippen molar-refractivity contribution in [1.29, 1.82) is 0 Å². The van der Waals surface area contributed by atoms with Crippen LogP contribution in [0.2, 0.25) is 0 Å². The molecule has 0 unspecified atom stereocenters. The smallest absolute Gasteiger partial charge is 0.160 e. The molecule has 0 saturated carbocycles. The summed E-state index contributed by atoms with van der Waals surface area (Å²) in [5.74, 6) is 0.707. The predicted octanol–water partition coefficient (Wildman–Crippen LogP) is 9.68. The van der Waals surface area contributed by atoms with Gasteiger partial charge in [-0.2, -0.15) is 0 Å². The maximum absolute atomic E-state index is 6.52. The Balaban J connectivity index is 1.30. The van der Waals surface area contributed by atoms with Crippen molar-refractivity contribution in [2.45, 2.75) is 19.3 Å². The zero-order valence-corrected chi connectivity index (χ0v) is 22.3. The number of hydrogen-bond acceptors (Lipinski definition) is 3. The van der Waals surface area contributed by atoms with Gasteiger partial charge in [0.05, 0.1) is 11.4 Å². The number of hydrogen-bond donors (Lipinski definition) is 0. The molecule has 8 rings (SSSR count). The van der Waals surface area contributed by atoms with Gasteiger partial charge in [0, 0.05) is 32.9 Å². The van der Waals surface area contributed by atoms with E-state index in [9.17, 15) is 0 Å². The van der Waals surface area contributed by atoms with Crippen molar-refractivity contribution in [2.75, 3.05) is 0 Å². The van der Waals surface area contributed by atoms with Gasteiger partial charge in [-0.1, -0.05) is 105 Å². The van der Waals surface area contributed by atoms with Crippen LogP contribution in [-0.4, -0.2) is 9.97 Å². The molecule has 3 heteroatoms. The summed E-state index contributed by atoms with van der Waals surface area (Å²) in [6, 6.07) is 42.2. The van der Waals surface area contributed by atoms with Gasteiger partial charge in [-0.15, -0.1) is 0 Å². The van der Waals surface area contributed by atoms with E-state index in [4.69, 9.17) is 14.4 Å². The first-order valence-electron chi connectivity index (χ1n) is 13.7. The molecule has 0 bridgehead atoms. The molecule has 0 radical (unpaired) electrons. The Morgan fingerprint density at radius 1 is 0.500 bits per heavy atom. The molecule has 0 atom stereocenters. The molecule has 2 heterocycles.